The van der Waals surface area contributed by atoms with E-state index in [4.69, 9.17) is 39.0 Å². The molecule has 154 valence electrons. The second-order valence-corrected chi connectivity index (χ2v) is 7.45. The fourth-order valence-corrected chi connectivity index (χ4v) is 3.88. The van der Waals surface area contributed by atoms with Gasteiger partial charge >= 0.3 is 0 Å². The SMILES string of the molecule is COn1c(=O)c(-c2c(Cl)cccc2Cl)cc2c(N)nc(-c3ccc(CC#N)cc3)nc21. The fraction of sp³-hybridized carbons (Fsp3) is 0.0909. The number of pyridine rings is 1. The highest BCUT2D eigenvalue weighted by molar-refractivity contribution is 6.39. The number of hydrogen-bond acceptors (Lipinski definition) is 6. The predicted octanol–water partition coefficient (Wildman–Crippen LogP) is 4.14. The van der Waals surface area contributed by atoms with Crippen molar-refractivity contribution in [2.24, 2.45) is 0 Å². The minimum atomic E-state index is -0.488. The molecule has 2 aromatic heterocycles. The third-order valence-electron chi connectivity index (χ3n) is 4.76. The van der Waals surface area contributed by atoms with Crippen LogP contribution in [0, 0.1) is 11.3 Å². The minimum Gasteiger partial charge on any atom is -0.412 e. The van der Waals surface area contributed by atoms with E-state index < -0.39 is 5.56 Å². The number of aromatic nitrogens is 3. The quantitative estimate of drug-likeness (QED) is 0.499. The molecule has 2 aromatic carbocycles. The summed E-state index contributed by atoms with van der Waals surface area (Å²) in [6.45, 7) is 0. The molecule has 0 unspecified atom stereocenters. The summed E-state index contributed by atoms with van der Waals surface area (Å²) in [7, 11) is 1.35. The van der Waals surface area contributed by atoms with Crippen LogP contribution in [0.15, 0.2) is 53.3 Å². The van der Waals surface area contributed by atoms with E-state index in [9.17, 15) is 4.79 Å². The molecule has 0 saturated heterocycles. The van der Waals surface area contributed by atoms with E-state index in [2.05, 4.69) is 16.0 Å². The van der Waals surface area contributed by atoms with Crippen molar-refractivity contribution < 1.29 is 4.84 Å². The summed E-state index contributed by atoms with van der Waals surface area (Å²) >= 11 is 12.6. The number of benzene rings is 2. The first-order chi connectivity index (χ1) is 14.9. The van der Waals surface area contributed by atoms with Crippen LogP contribution < -0.4 is 16.1 Å². The lowest BCUT2D eigenvalue weighted by atomic mass is 10.1. The smallest absolute Gasteiger partial charge is 0.293 e. The fourth-order valence-electron chi connectivity index (χ4n) is 3.28. The average Bonchev–Trinajstić information content (AvgIpc) is 2.75. The molecule has 9 heteroatoms. The van der Waals surface area contributed by atoms with Crippen LogP contribution in [-0.4, -0.2) is 21.8 Å². The predicted molar refractivity (Wildman–Crippen MR) is 121 cm³/mol. The molecule has 0 amide bonds. The van der Waals surface area contributed by atoms with Crippen LogP contribution in [-0.2, 0) is 6.42 Å². The maximum absolute atomic E-state index is 13.2. The monoisotopic (exact) mass is 451 g/mol. The van der Waals surface area contributed by atoms with Crippen molar-refractivity contribution >= 4 is 40.1 Å². The summed E-state index contributed by atoms with van der Waals surface area (Å²) in [5.41, 5.74) is 8.11. The van der Waals surface area contributed by atoms with Crippen LogP contribution in [0.2, 0.25) is 10.0 Å². The van der Waals surface area contributed by atoms with Gasteiger partial charge in [-0.25, -0.2) is 9.97 Å². The van der Waals surface area contributed by atoms with E-state index >= 15 is 0 Å². The summed E-state index contributed by atoms with van der Waals surface area (Å²) in [5, 5.41) is 9.88. The van der Waals surface area contributed by atoms with Gasteiger partial charge in [-0.15, -0.1) is 4.73 Å². The number of fused-ring (bicyclic) bond motifs is 1. The largest absolute Gasteiger partial charge is 0.412 e. The second-order valence-electron chi connectivity index (χ2n) is 6.64. The number of halogens is 2. The number of nitrogens with zero attached hydrogens (tertiary/aromatic N) is 4. The van der Waals surface area contributed by atoms with Crippen molar-refractivity contribution in [1.29, 1.82) is 5.26 Å². The van der Waals surface area contributed by atoms with Crippen LogP contribution in [0.4, 0.5) is 5.82 Å². The Morgan fingerprint density at radius 3 is 2.42 bits per heavy atom. The highest BCUT2D eigenvalue weighted by Crippen LogP contribution is 2.34. The molecule has 0 aliphatic carbocycles. The van der Waals surface area contributed by atoms with Gasteiger partial charge in [0.05, 0.1) is 33.5 Å². The van der Waals surface area contributed by atoms with Crippen LogP contribution in [0.25, 0.3) is 33.5 Å². The number of nitriles is 1. The van der Waals surface area contributed by atoms with Crippen molar-refractivity contribution in [2.75, 3.05) is 12.8 Å². The minimum absolute atomic E-state index is 0.163. The molecular weight excluding hydrogens is 437 g/mol. The van der Waals surface area contributed by atoms with Crippen molar-refractivity contribution in [3.63, 3.8) is 0 Å². The van der Waals surface area contributed by atoms with Crippen molar-refractivity contribution in [3.05, 3.63) is 74.5 Å². The average molecular weight is 452 g/mol. The Labute approximate surface area is 187 Å². The third-order valence-corrected chi connectivity index (χ3v) is 5.39. The molecule has 4 rings (SSSR count). The molecule has 7 nitrogen and oxygen atoms in total. The van der Waals surface area contributed by atoms with E-state index in [0.717, 1.165) is 10.3 Å². The van der Waals surface area contributed by atoms with Gasteiger partial charge in [0, 0.05) is 11.1 Å². The molecule has 0 aliphatic rings. The number of nitrogens with two attached hydrogens (primary N) is 1. The Balaban J connectivity index is 1.96. The first kappa shape index (κ1) is 20.7. The molecule has 0 saturated carbocycles. The molecule has 0 aliphatic heterocycles. The maximum Gasteiger partial charge on any atom is 0.293 e. The van der Waals surface area contributed by atoms with E-state index in [0.29, 0.717) is 38.8 Å². The Kier molecular flexibility index (Phi) is 5.51. The van der Waals surface area contributed by atoms with Crippen LogP contribution >= 0.6 is 23.2 Å². The molecule has 0 bridgehead atoms. The van der Waals surface area contributed by atoms with Crippen LogP contribution in [0.5, 0.6) is 0 Å². The highest BCUT2D eigenvalue weighted by atomic mass is 35.5. The van der Waals surface area contributed by atoms with Gasteiger partial charge < -0.3 is 10.6 Å². The summed E-state index contributed by atoms with van der Waals surface area (Å²) < 4.78 is 1.04. The summed E-state index contributed by atoms with van der Waals surface area (Å²) in [6, 6.07) is 15.8. The molecule has 2 N–H and O–H groups in total. The van der Waals surface area contributed by atoms with Gasteiger partial charge in [0.25, 0.3) is 5.56 Å². The molecular formula is C22H15Cl2N5O2. The Morgan fingerprint density at radius 1 is 1.13 bits per heavy atom. The molecule has 2 heterocycles. The summed E-state index contributed by atoms with van der Waals surface area (Å²) in [6.07, 6.45) is 0.303. The number of nitrogen functional groups attached to an aromatic ring is 1. The van der Waals surface area contributed by atoms with Crippen LogP contribution in [0.3, 0.4) is 0 Å². The molecule has 0 spiro atoms. The van der Waals surface area contributed by atoms with E-state index in [1.807, 2.05) is 12.1 Å². The second kappa shape index (κ2) is 8.26. The standard InChI is InChI=1S/C22H15Cl2N5O2/c1-31-29-21-15(11-14(22(29)30)18-16(23)3-2-4-17(18)24)19(26)27-20(28-21)13-7-5-12(6-8-13)9-10-25/h2-8,11H,9H2,1H3,(H2,26,27,28). The Morgan fingerprint density at radius 2 is 1.81 bits per heavy atom. The first-order valence-electron chi connectivity index (χ1n) is 9.13. The van der Waals surface area contributed by atoms with Gasteiger partial charge in [0.2, 0.25) is 0 Å². The van der Waals surface area contributed by atoms with E-state index in [-0.39, 0.29) is 17.0 Å². The first-order valence-corrected chi connectivity index (χ1v) is 9.88. The lowest BCUT2D eigenvalue weighted by molar-refractivity contribution is 0.168. The van der Waals surface area contributed by atoms with Crippen molar-refractivity contribution in [1.82, 2.24) is 14.7 Å². The van der Waals surface area contributed by atoms with Gasteiger partial charge in [-0.2, -0.15) is 5.26 Å². The summed E-state index contributed by atoms with van der Waals surface area (Å²) in [4.78, 5) is 27.4. The number of hydrogen-bond donors (Lipinski definition) is 1. The topological polar surface area (TPSA) is 107 Å². The molecule has 0 atom stereocenters. The molecule has 31 heavy (non-hydrogen) atoms. The van der Waals surface area contributed by atoms with Gasteiger partial charge in [0.15, 0.2) is 11.5 Å². The van der Waals surface area contributed by atoms with Crippen molar-refractivity contribution in [3.8, 4) is 28.6 Å². The van der Waals surface area contributed by atoms with Gasteiger partial charge in [-0.3, -0.25) is 4.79 Å². The van der Waals surface area contributed by atoms with Crippen molar-refractivity contribution in [2.45, 2.75) is 6.42 Å². The number of anilines is 1. The maximum atomic E-state index is 13.2. The van der Waals surface area contributed by atoms with E-state index in [1.54, 1.807) is 36.4 Å². The van der Waals surface area contributed by atoms with E-state index in [1.165, 1.54) is 7.11 Å². The lowest BCUT2D eigenvalue weighted by Gasteiger charge is -2.14. The zero-order valence-electron chi connectivity index (χ0n) is 16.3. The Bertz CT molecular complexity index is 1390. The zero-order valence-corrected chi connectivity index (χ0v) is 17.8. The summed E-state index contributed by atoms with van der Waals surface area (Å²) in [5.74, 6) is 0.485. The van der Waals surface area contributed by atoms with Crippen LogP contribution in [0.1, 0.15) is 5.56 Å². The van der Waals surface area contributed by atoms with Gasteiger partial charge in [0.1, 0.15) is 12.9 Å². The molecule has 0 radical (unpaired) electrons. The van der Waals surface area contributed by atoms with Gasteiger partial charge in [-0.05, 0) is 23.8 Å². The third kappa shape index (κ3) is 3.67. The Hall–Kier alpha value is -3.60. The highest BCUT2D eigenvalue weighted by Gasteiger charge is 2.20. The number of rotatable bonds is 4. The molecule has 0 fully saturated rings. The van der Waals surface area contributed by atoms with Gasteiger partial charge in [-0.1, -0.05) is 53.5 Å². The normalized spacial score (nSPS) is 10.8. The zero-order chi connectivity index (χ0) is 22.1. The molecule has 4 aromatic rings. The lowest BCUT2D eigenvalue weighted by Crippen LogP contribution is -2.27.